The van der Waals surface area contributed by atoms with E-state index < -0.39 is 0 Å². The Bertz CT molecular complexity index is 3800. The Morgan fingerprint density at radius 3 is 1.34 bits per heavy atom. The summed E-state index contributed by atoms with van der Waals surface area (Å²) < 4.78 is 12.9. The van der Waals surface area contributed by atoms with Crippen molar-refractivity contribution >= 4 is 97.7 Å². The zero-order chi connectivity index (χ0) is 37.9. The van der Waals surface area contributed by atoms with E-state index >= 15 is 0 Å². The van der Waals surface area contributed by atoms with Crippen molar-refractivity contribution in [3.05, 3.63) is 194 Å². The van der Waals surface area contributed by atoms with Gasteiger partial charge in [0.15, 0.2) is 0 Å². The van der Waals surface area contributed by atoms with Crippen LogP contribution in [0.3, 0.4) is 0 Å². The molecule has 0 aliphatic heterocycles. The molecule has 0 radical (unpaired) electrons. The topological polar surface area (TPSA) is 26.3 Å². The first-order valence-electron chi connectivity index (χ1n) is 19.9. The average Bonchev–Trinajstić information content (AvgIpc) is 3.86. The van der Waals surface area contributed by atoms with E-state index in [2.05, 4.69) is 182 Å². The Hall–Kier alpha value is -7.68. The first-order chi connectivity index (χ1) is 28.8. The molecule has 0 saturated heterocycles. The standard InChI is InChI=1S/C56H32O2/c1-2-14-35-33(12-1)13-11-22-39(35)53-40-17-5-7-19-42(40)54(43-20-8-6-18-41(43)53)44-27-26-36(37-15-3-4-16-38(37)44)34-24-25-48-52(32-34)58-51-31-29-45-46(56(48)51)28-30-50-55(45)47-21-9-10-23-49(47)57-50/h1-32H. The van der Waals surface area contributed by atoms with E-state index in [9.17, 15) is 0 Å². The summed E-state index contributed by atoms with van der Waals surface area (Å²) in [5, 5.41) is 16.8. The molecule has 0 aliphatic rings. The Morgan fingerprint density at radius 1 is 0.241 bits per heavy atom. The molecule has 2 nitrogen and oxygen atoms in total. The molecule has 2 heterocycles. The molecule has 0 atom stereocenters. The summed E-state index contributed by atoms with van der Waals surface area (Å²) in [7, 11) is 0. The molecule has 0 saturated carbocycles. The summed E-state index contributed by atoms with van der Waals surface area (Å²) in [5.74, 6) is 0. The third kappa shape index (κ3) is 4.37. The summed E-state index contributed by atoms with van der Waals surface area (Å²) >= 11 is 0. The SMILES string of the molecule is c1ccc2c(-c3c4ccccc4c(-c4ccc(-c5ccc6c(c5)oc5ccc7c(ccc8oc9ccccc9c87)c56)c5ccccc45)c4ccccc34)cccc2c1. The number of benzene rings is 11. The van der Waals surface area contributed by atoms with Gasteiger partial charge in [0.2, 0.25) is 0 Å². The Labute approximate surface area is 332 Å². The first-order valence-corrected chi connectivity index (χ1v) is 19.9. The van der Waals surface area contributed by atoms with E-state index in [-0.39, 0.29) is 0 Å². The van der Waals surface area contributed by atoms with Gasteiger partial charge in [-0.15, -0.1) is 0 Å². The fourth-order valence-corrected chi connectivity index (χ4v) is 9.99. The molecule has 0 aliphatic carbocycles. The highest BCUT2D eigenvalue weighted by atomic mass is 16.3. The van der Waals surface area contributed by atoms with Gasteiger partial charge in [-0.25, -0.2) is 0 Å². The van der Waals surface area contributed by atoms with Crippen molar-refractivity contribution in [3.63, 3.8) is 0 Å². The second-order valence-corrected chi connectivity index (χ2v) is 15.5. The van der Waals surface area contributed by atoms with E-state index in [1.54, 1.807) is 0 Å². The van der Waals surface area contributed by atoms with Crippen LogP contribution in [-0.4, -0.2) is 0 Å². The van der Waals surface area contributed by atoms with Crippen molar-refractivity contribution in [1.82, 2.24) is 0 Å². The van der Waals surface area contributed by atoms with E-state index in [0.29, 0.717) is 0 Å². The number of hydrogen-bond donors (Lipinski definition) is 0. The monoisotopic (exact) mass is 736 g/mol. The van der Waals surface area contributed by atoms with Crippen molar-refractivity contribution in [1.29, 1.82) is 0 Å². The smallest absolute Gasteiger partial charge is 0.136 e. The molecule has 0 unspecified atom stereocenters. The summed E-state index contributed by atoms with van der Waals surface area (Å²) in [6.45, 7) is 0. The van der Waals surface area contributed by atoms with Crippen LogP contribution in [0.1, 0.15) is 0 Å². The lowest BCUT2D eigenvalue weighted by molar-refractivity contribution is 0.668. The molecular formula is C56H32O2. The number of fused-ring (bicyclic) bond motifs is 13. The van der Waals surface area contributed by atoms with Crippen LogP contribution in [0, 0.1) is 0 Å². The molecule has 268 valence electrons. The lowest BCUT2D eigenvalue weighted by atomic mass is 9.83. The van der Waals surface area contributed by atoms with Gasteiger partial charge in [0.05, 0.1) is 0 Å². The normalized spacial score (nSPS) is 12.1. The summed E-state index contributed by atoms with van der Waals surface area (Å²) in [5.41, 5.74) is 10.9. The van der Waals surface area contributed by atoms with Crippen LogP contribution in [-0.2, 0) is 0 Å². The maximum Gasteiger partial charge on any atom is 0.136 e. The van der Waals surface area contributed by atoms with Crippen LogP contribution >= 0.6 is 0 Å². The zero-order valence-electron chi connectivity index (χ0n) is 31.3. The maximum absolute atomic E-state index is 6.66. The highest BCUT2D eigenvalue weighted by molar-refractivity contribution is 6.28. The largest absolute Gasteiger partial charge is 0.456 e. The fourth-order valence-electron chi connectivity index (χ4n) is 9.99. The van der Waals surface area contributed by atoms with Crippen LogP contribution in [0.15, 0.2) is 203 Å². The molecule has 0 N–H and O–H groups in total. The molecular weight excluding hydrogens is 705 g/mol. The average molecular weight is 737 g/mol. The van der Waals surface area contributed by atoms with Gasteiger partial charge in [0.25, 0.3) is 0 Å². The molecule has 0 fully saturated rings. The van der Waals surface area contributed by atoms with Gasteiger partial charge >= 0.3 is 0 Å². The Morgan fingerprint density at radius 2 is 0.690 bits per heavy atom. The second kappa shape index (κ2) is 11.9. The van der Waals surface area contributed by atoms with Crippen molar-refractivity contribution < 1.29 is 8.83 Å². The minimum Gasteiger partial charge on any atom is -0.456 e. The molecule has 13 aromatic rings. The Kier molecular flexibility index (Phi) is 6.47. The van der Waals surface area contributed by atoms with Gasteiger partial charge in [-0.3, -0.25) is 0 Å². The van der Waals surface area contributed by atoms with Crippen LogP contribution in [0.4, 0.5) is 0 Å². The van der Waals surface area contributed by atoms with E-state index in [1.807, 2.05) is 12.1 Å². The van der Waals surface area contributed by atoms with Gasteiger partial charge in [0, 0.05) is 21.5 Å². The van der Waals surface area contributed by atoms with Crippen LogP contribution in [0.2, 0.25) is 0 Å². The van der Waals surface area contributed by atoms with E-state index in [4.69, 9.17) is 8.83 Å². The summed E-state index contributed by atoms with van der Waals surface area (Å²) in [6.07, 6.45) is 0. The molecule has 0 amide bonds. The van der Waals surface area contributed by atoms with Gasteiger partial charge in [-0.1, -0.05) is 152 Å². The molecule has 2 aromatic heterocycles. The van der Waals surface area contributed by atoms with Gasteiger partial charge in [-0.05, 0) is 130 Å². The minimum atomic E-state index is 0.881. The minimum absolute atomic E-state index is 0.881. The molecule has 0 bridgehead atoms. The second-order valence-electron chi connectivity index (χ2n) is 15.5. The van der Waals surface area contributed by atoms with Crippen LogP contribution in [0.5, 0.6) is 0 Å². The van der Waals surface area contributed by atoms with Crippen molar-refractivity contribution in [3.8, 4) is 33.4 Å². The van der Waals surface area contributed by atoms with Gasteiger partial charge in [0.1, 0.15) is 22.3 Å². The highest BCUT2D eigenvalue weighted by Gasteiger charge is 2.21. The predicted molar refractivity (Wildman–Crippen MR) is 245 cm³/mol. The lowest BCUT2D eigenvalue weighted by Crippen LogP contribution is -1.93. The maximum atomic E-state index is 6.66. The van der Waals surface area contributed by atoms with Crippen LogP contribution in [0.25, 0.3) is 131 Å². The van der Waals surface area contributed by atoms with Gasteiger partial charge < -0.3 is 8.83 Å². The molecule has 13 rings (SSSR count). The van der Waals surface area contributed by atoms with Crippen molar-refractivity contribution in [2.24, 2.45) is 0 Å². The third-order valence-electron chi connectivity index (χ3n) is 12.5. The fraction of sp³-hybridized carbons (Fsp3) is 0. The van der Waals surface area contributed by atoms with Gasteiger partial charge in [-0.2, -0.15) is 0 Å². The van der Waals surface area contributed by atoms with E-state index in [0.717, 1.165) is 49.4 Å². The number of furan rings is 2. The zero-order valence-corrected chi connectivity index (χ0v) is 31.3. The highest BCUT2D eigenvalue weighted by Crippen LogP contribution is 2.48. The van der Waals surface area contributed by atoms with Crippen molar-refractivity contribution in [2.45, 2.75) is 0 Å². The number of rotatable bonds is 3. The first kappa shape index (κ1) is 31.5. The quantitative estimate of drug-likeness (QED) is 0.169. The summed E-state index contributed by atoms with van der Waals surface area (Å²) in [4.78, 5) is 0. The predicted octanol–water partition coefficient (Wildman–Crippen LogP) is 16.3. The van der Waals surface area contributed by atoms with Crippen LogP contribution < -0.4 is 0 Å². The third-order valence-corrected chi connectivity index (χ3v) is 12.5. The molecule has 0 spiro atoms. The van der Waals surface area contributed by atoms with E-state index in [1.165, 1.54) is 81.7 Å². The number of hydrogen-bond acceptors (Lipinski definition) is 2. The number of para-hydroxylation sites is 1. The van der Waals surface area contributed by atoms with Crippen molar-refractivity contribution in [2.75, 3.05) is 0 Å². The Balaban J connectivity index is 1.02. The molecule has 58 heavy (non-hydrogen) atoms. The molecule has 2 heteroatoms. The lowest BCUT2D eigenvalue weighted by Gasteiger charge is -2.20. The molecule has 11 aromatic carbocycles. The summed E-state index contributed by atoms with van der Waals surface area (Å²) in [6, 6.07) is 70.4.